The predicted octanol–water partition coefficient (Wildman–Crippen LogP) is 0.0132. The first-order chi connectivity index (χ1) is 7.70. The molecule has 0 unspecified atom stereocenters. The third kappa shape index (κ3) is 9.67. The molecule has 0 aliphatic heterocycles. The van der Waals surface area contributed by atoms with Crippen LogP contribution in [0.3, 0.4) is 0 Å². The Kier molecular flexibility index (Phi) is 10.0. The molecule has 94 valence electrons. The van der Waals surface area contributed by atoms with Crippen molar-refractivity contribution in [3.8, 4) is 0 Å². The van der Waals surface area contributed by atoms with Crippen LogP contribution in [0.4, 0.5) is 0 Å². The maximum Gasteiger partial charge on any atom is 0.239 e. The van der Waals surface area contributed by atoms with E-state index in [2.05, 4.69) is 22.9 Å². The summed E-state index contributed by atoms with van der Waals surface area (Å²) in [7, 11) is 1.59. The summed E-state index contributed by atoms with van der Waals surface area (Å²) in [6, 6.07) is 0. The molecule has 0 aromatic heterocycles. The molecule has 5 nitrogen and oxygen atoms in total. The standard InChI is InChI=1S/C10H21N3O2S/c1-3-4-5-12-10(16)13-8-9(14)11-6-7-15-2/h3-8H2,1-2H3,(H,11,14)(H2,12,13,16). The molecule has 6 heteroatoms. The van der Waals surface area contributed by atoms with Gasteiger partial charge in [0.15, 0.2) is 5.11 Å². The summed E-state index contributed by atoms with van der Waals surface area (Å²) in [6.45, 7) is 4.19. The van der Waals surface area contributed by atoms with Crippen LogP contribution >= 0.6 is 12.2 Å². The van der Waals surface area contributed by atoms with Crippen LogP contribution in [0.15, 0.2) is 0 Å². The van der Waals surface area contributed by atoms with E-state index in [4.69, 9.17) is 17.0 Å². The average molecular weight is 247 g/mol. The lowest BCUT2D eigenvalue weighted by molar-refractivity contribution is -0.120. The number of hydrogen-bond donors (Lipinski definition) is 3. The number of carbonyl (C=O) groups is 1. The summed E-state index contributed by atoms with van der Waals surface area (Å²) in [5, 5.41) is 9.07. The van der Waals surface area contributed by atoms with Crippen molar-refractivity contribution in [1.29, 1.82) is 0 Å². The van der Waals surface area contributed by atoms with E-state index in [1.165, 1.54) is 0 Å². The molecular weight excluding hydrogens is 226 g/mol. The quantitative estimate of drug-likeness (QED) is 0.417. The summed E-state index contributed by atoms with van der Waals surface area (Å²) in [6.07, 6.45) is 2.19. The van der Waals surface area contributed by atoms with Crippen molar-refractivity contribution in [1.82, 2.24) is 16.0 Å². The highest BCUT2D eigenvalue weighted by Gasteiger charge is 2.00. The average Bonchev–Trinajstić information content (AvgIpc) is 2.27. The molecular formula is C10H21N3O2S. The lowest BCUT2D eigenvalue weighted by Crippen LogP contribution is -2.42. The molecule has 0 radical (unpaired) electrons. The molecule has 0 fully saturated rings. The van der Waals surface area contributed by atoms with E-state index in [0.29, 0.717) is 18.3 Å². The number of nitrogens with one attached hydrogen (secondary N) is 3. The molecule has 0 rings (SSSR count). The second-order valence-corrected chi connectivity index (χ2v) is 3.71. The monoisotopic (exact) mass is 247 g/mol. The summed E-state index contributed by atoms with van der Waals surface area (Å²) < 4.78 is 4.81. The Morgan fingerprint density at radius 3 is 2.62 bits per heavy atom. The third-order valence-corrected chi connectivity index (χ3v) is 2.14. The fourth-order valence-electron chi connectivity index (χ4n) is 0.957. The molecule has 3 N–H and O–H groups in total. The fourth-order valence-corrected chi connectivity index (χ4v) is 1.13. The van der Waals surface area contributed by atoms with Crippen molar-refractivity contribution in [2.75, 3.05) is 33.4 Å². The number of thiocarbonyl (C=S) groups is 1. The summed E-state index contributed by atoms with van der Waals surface area (Å²) in [5.41, 5.74) is 0. The van der Waals surface area contributed by atoms with Crippen molar-refractivity contribution in [3.63, 3.8) is 0 Å². The van der Waals surface area contributed by atoms with Crippen LogP contribution in [-0.4, -0.2) is 44.4 Å². The van der Waals surface area contributed by atoms with Crippen molar-refractivity contribution in [2.45, 2.75) is 19.8 Å². The van der Waals surface area contributed by atoms with Crippen LogP contribution in [0.2, 0.25) is 0 Å². The van der Waals surface area contributed by atoms with Gasteiger partial charge in [0.2, 0.25) is 5.91 Å². The molecule has 0 saturated carbocycles. The highest BCUT2D eigenvalue weighted by molar-refractivity contribution is 7.80. The van der Waals surface area contributed by atoms with Crippen LogP contribution in [0.5, 0.6) is 0 Å². The zero-order valence-corrected chi connectivity index (χ0v) is 10.8. The van der Waals surface area contributed by atoms with Gasteiger partial charge in [0.1, 0.15) is 0 Å². The maximum atomic E-state index is 11.2. The van der Waals surface area contributed by atoms with Gasteiger partial charge in [-0.05, 0) is 18.6 Å². The fraction of sp³-hybridized carbons (Fsp3) is 0.800. The number of methoxy groups -OCH3 is 1. The molecule has 16 heavy (non-hydrogen) atoms. The molecule has 0 spiro atoms. The van der Waals surface area contributed by atoms with Crippen LogP contribution < -0.4 is 16.0 Å². The SMILES string of the molecule is CCCCNC(=S)NCC(=O)NCCOC. The number of hydrogen-bond acceptors (Lipinski definition) is 3. The normalized spacial score (nSPS) is 9.62. The largest absolute Gasteiger partial charge is 0.383 e. The van der Waals surface area contributed by atoms with E-state index in [9.17, 15) is 4.79 Å². The Labute approximate surface area is 102 Å². The second kappa shape index (κ2) is 10.6. The first-order valence-corrected chi connectivity index (χ1v) is 5.88. The van der Waals surface area contributed by atoms with E-state index in [1.807, 2.05) is 0 Å². The third-order valence-electron chi connectivity index (χ3n) is 1.85. The van der Waals surface area contributed by atoms with Gasteiger partial charge in [-0.3, -0.25) is 4.79 Å². The van der Waals surface area contributed by atoms with Gasteiger partial charge in [-0.25, -0.2) is 0 Å². The van der Waals surface area contributed by atoms with Crippen molar-refractivity contribution < 1.29 is 9.53 Å². The van der Waals surface area contributed by atoms with Crippen LogP contribution in [0.1, 0.15) is 19.8 Å². The number of amides is 1. The Morgan fingerprint density at radius 1 is 1.25 bits per heavy atom. The first kappa shape index (κ1) is 15.1. The zero-order chi connectivity index (χ0) is 12.2. The minimum atomic E-state index is -0.0864. The molecule has 0 atom stereocenters. The number of unbranched alkanes of at least 4 members (excludes halogenated alkanes) is 1. The predicted molar refractivity (Wildman–Crippen MR) is 68.4 cm³/mol. The summed E-state index contributed by atoms with van der Waals surface area (Å²) in [5.74, 6) is -0.0864. The van der Waals surface area contributed by atoms with E-state index < -0.39 is 0 Å². The minimum Gasteiger partial charge on any atom is -0.383 e. The second-order valence-electron chi connectivity index (χ2n) is 3.31. The Morgan fingerprint density at radius 2 is 2.00 bits per heavy atom. The van der Waals surface area contributed by atoms with Crippen LogP contribution in [0, 0.1) is 0 Å². The highest BCUT2D eigenvalue weighted by Crippen LogP contribution is 1.81. The van der Waals surface area contributed by atoms with Gasteiger partial charge < -0.3 is 20.7 Å². The van der Waals surface area contributed by atoms with Gasteiger partial charge in [0.05, 0.1) is 13.2 Å². The maximum absolute atomic E-state index is 11.2. The van der Waals surface area contributed by atoms with Gasteiger partial charge >= 0.3 is 0 Å². The van der Waals surface area contributed by atoms with Gasteiger partial charge in [0.25, 0.3) is 0 Å². The number of rotatable bonds is 8. The molecule has 0 aliphatic carbocycles. The van der Waals surface area contributed by atoms with Gasteiger partial charge in [-0.2, -0.15) is 0 Å². The molecule has 0 saturated heterocycles. The van der Waals surface area contributed by atoms with Gasteiger partial charge in [-0.15, -0.1) is 0 Å². The van der Waals surface area contributed by atoms with Crippen molar-refractivity contribution in [3.05, 3.63) is 0 Å². The van der Waals surface area contributed by atoms with Crippen LogP contribution in [-0.2, 0) is 9.53 Å². The molecule has 0 aliphatic rings. The lowest BCUT2D eigenvalue weighted by atomic mass is 10.3. The van der Waals surface area contributed by atoms with Crippen molar-refractivity contribution >= 4 is 23.2 Å². The van der Waals surface area contributed by atoms with Crippen LogP contribution in [0.25, 0.3) is 0 Å². The summed E-state index contributed by atoms with van der Waals surface area (Å²) in [4.78, 5) is 11.2. The van der Waals surface area contributed by atoms with E-state index >= 15 is 0 Å². The minimum absolute atomic E-state index is 0.0864. The lowest BCUT2D eigenvalue weighted by Gasteiger charge is -2.10. The van der Waals surface area contributed by atoms with Crippen molar-refractivity contribution in [2.24, 2.45) is 0 Å². The molecule has 0 heterocycles. The molecule has 0 aromatic rings. The first-order valence-electron chi connectivity index (χ1n) is 5.48. The molecule has 1 amide bonds. The Hall–Kier alpha value is -0.880. The molecule has 0 aromatic carbocycles. The topological polar surface area (TPSA) is 62.4 Å². The summed E-state index contributed by atoms with van der Waals surface area (Å²) >= 11 is 4.99. The molecule has 0 bridgehead atoms. The van der Waals surface area contributed by atoms with E-state index in [0.717, 1.165) is 19.4 Å². The smallest absolute Gasteiger partial charge is 0.239 e. The van der Waals surface area contributed by atoms with E-state index in [1.54, 1.807) is 7.11 Å². The zero-order valence-electron chi connectivity index (χ0n) is 9.97. The number of carbonyl (C=O) groups excluding carboxylic acids is 1. The van der Waals surface area contributed by atoms with Gasteiger partial charge in [-0.1, -0.05) is 13.3 Å². The number of ether oxygens (including phenoxy) is 1. The Bertz CT molecular complexity index is 190. The van der Waals surface area contributed by atoms with E-state index in [-0.39, 0.29) is 12.5 Å². The van der Waals surface area contributed by atoms with Gasteiger partial charge in [0, 0.05) is 20.2 Å². The highest BCUT2D eigenvalue weighted by atomic mass is 32.1. The Balaban J connectivity index is 3.40.